The van der Waals surface area contributed by atoms with Crippen LogP contribution in [0, 0.1) is 0 Å². The van der Waals surface area contributed by atoms with E-state index in [9.17, 15) is 18.3 Å². The van der Waals surface area contributed by atoms with Crippen LogP contribution >= 0.6 is 11.3 Å². The van der Waals surface area contributed by atoms with E-state index in [1.807, 2.05) is 17.3 Å². The SMILES string of the molecule is CN(Cc1nccs1)CC(O)COc1ccc(C(F)(F)F)cc1. The molecule has 0 radical (unpaired) electrons. The average Bonchev–Trinajstić information content (AvgIpc) is 2.97. The summed E-state index contributed by atoms with van der Waals surface area (Å²) in [5, 5.41) is 12.8. The summed E-state index contributed by atoms with van der Waals surface area (Å²) in [4.78, 5) is 6.06. The lowest BCUT2D eigenvalue weighted by Crippen LogP contribution is -2.32. The topological polar surface area (TPSA) is 45.6 Å². The third-order valence-electron chi connectivity index (χ3n) is 3.04. The number of aliphatic hydroxyl groups is 1. The highest BCUT2D eigenvalue weighted by Gasteiger charge is 2.30. The largest absolute Gasteiger partial charge is 0.491 e. The van der Waals surface area contributed by atoms with Gasteiger partial charge in [-0.25, -0.2) is 4.98 Å². The summed E-state index contributed by atoms with van der Waals surface area (Å²) in [6.07, 6.45) is -3.39. The monoisotopic (exact) mass is 346 g/mol. The van der Waals surface area contributed by atoms with E-state index in [4.69, 9.17) is 4.74 Å². The molecule has 0 bridgehead atoms. The minimum atomic E-state index is -4.36. The van der Waals surface area contributed by atoms with E-state index in [1.54, 1.807) is 6.20 Å². The van der Waals surface area contributed by atoms with Crippen LogP contribution in [0.2, 0.25) is 0 Å². The van der Waals surface area contributed by atoms with Gasteiger partial charge < -0.3 is 9.84 Å². The molecule has 126 valence electrons. The number of alkyl halides is 3. The molecule has 0 aliphatic carbocycles. The summed E-state index contributed by atoms with van der Waals surface area (Å²) in [7, 11) is 1.85. The maximum absolute atomic E-state index is 12.4. The first kappa shape index (κ1) is 17.7. The molecule has 4 nitrogen and oxygen atoms in total. The highest BCUT2D eigenvalue weighted by Crippen LogP contribution is 2.30. The number of hydrogen-bond donors (Lipinski definition) is 1. The highest BCUT2D eigenvalue weighted by molar-refractivity contribution is 7.09. The lowest BCUT2D eigenvalue weighted by Gasteiger charge is -2.19. The van der Waals surface area contributed by atoms with Gasteiger partial charge in [0.1, 0.15) is 23.5 Å². The van der Waals surface area contributed by atoms with Gasteiger partial charge in [-0.15, -0.1) is 11.3 Å². The van der Waals surface area contributed by atoms with Crippen molar-refractivity contribution in [1.82, 2.24) is 9.88 Å². The van der Waals surface area contributed by atoms with Crippen molar-refractivity contribution in [3.8, 4) is 5.75 Å². The Hall–Kier alpha value is -1.64. The quantitative estimate of drug-likeness (QED) is 0.837. The van der Waals surface area contributed by atoms with Gasteiger partial charge in [0.2, 0.25) is 0 Å². The summed E-state index contributed by atoms with van der Waals surface area (Å²) in [6.45, 7) is 1.00. The van der Waals surface area contributed by atoms with Gasteiger partial charge in [-0.05, 0) is 31.3 Å². The van der Waals surface area contributed by atoms with Gasteiger partial charge in [0.15, 0.2) is 0 Å². The molecule has 8 heteroatoms. The fourth-order valence-corrected chi connectivity index (χ4v) is 2.67. The number of likely N-dealkylation sites (N-methyl/N-ethyl adjacent to an activating group) is 1. The maximum Gasteiger partial charge on any atom is 0.416 e. The molecule has 1 atom stereocenters. The average molecular weight is 346 g/mol. The molecular weight excluding hydrogens is 329 g/mol. The van der Waals surface area contributed by atoms with Gasteiger partial charge in [-0.1, -0.05) is 0 Å². The summed E-state index contributed by atoms with van der Waals surface area (Å²) < 4.78 is 42.6. The van der Waals surface area contributed by atoms with Gasteiger partial charge in [-0.3, -0.25) is 4.90 Å². The van der Waals surface area contributed by atoms with Crippen molar-refractivity contribution >= 4 is 11.3 Å². The Labute approximate surface area is 136 Å². The molecule has 1 heterocycles. The van der Waals surface area contributed by atoms with Crippen molar-refractivity contribution in [1.29, 1.82) is 0 Å². The zero-order valence-electron chi connectivity index (χ0n) is 12.5. The number of aliphatic hydroxyl groups excluding tert-OH is 1. The molecule has 1 N–H and O–H groups in total. The van der Waals surface area contributed by atoms with Crippen LogP contribution in [0.5, 0.6) is 5.75 Å². The van der Waals surface area contributed by atoms with Gasteiger partial charge in [-0.2, -0.15) is 13.2 Å². The van der Waals surface area contributed by atoms with E-state index in [2.05, 4.69) is 4.98 Å². The Morgan fingerprint density at radius 3 is 2.57 bits per heavy atom. The number of aromatic nitrogens is 1. The first-order chi connectivity index (χ1) is 10.8. The van der Waals surface area contributed by atoms with Crippen LogP contribution in [-0.4, -0.2) is 41.3 Å². The second kappa shape index (κ2) is 7.76. The maximum atomic E-state index is 12.4. The lowest BCUT2D eigenvalue weighted by molar-refractivity contribution is -0.137. The van der Waals surface area contributed by atoms with Crippen molar-refractivity contribution < 1.29 is 23.0 Å². The second-order valence-corrected chi connectivity index (χ2v) is 6.09. The first-order valence-electron chi connectivity index (χ1n) is 6.89. The zero-order valence-corrected chi connectivity index (χ0v) is 13.3. The standard InChI is InChI=1S/C15H17F3N2O2S/c1-20(9-14-19-6-7-23-14)8-12(21)10-22-13-4-2-11(3-5-13)15(16,17)18/h2-7,12,21H,8-10H2,1H3. The molecule has 23 heavy (non-hydrogen) atoms. The minimum Gasteiger partial charge on any atom is -0.491 e. The first-order valence-corrected chi connectivity index (χ1v) is 7.77. The van der Waals surface area contributed by atoms with Crippen LogP contribution < -0.4 is 4.74 Å². The van der Waals surface area contributed by atoms with Crippen molar-refractivity contribution in [2.75, 3.05) is 20.2 Å². The fraction of sp³-hybridized carbons (Fsp3) is 0.400. The van der Waals surface area contributed by atoms with E-state index in [0.717, 1.165) is 17.1 Å². The number of rotatable bonds is 7. The smallest absolute Gasteiger partial charge is 0.416 e. The van der Waals surface area contributed by atoms with E-state index < -0.39 is 17.8 Å². The lowest BCUT2D eigenvalue weighted by atomic mass is 10.2. The van der Waals surface area contributed by atoms with Gasteiger partial charge >= 0.3 is 6.18 Å². The van der Waals surface area contributed by atoms with Crippen LogP contribution in [0.3, 0.4) is 0 Å². The summed E-state index contributed by atoms with van der Waals surface area (Å²) in [5.74, 6) is 0.291. The molecule has 0 spiro atoms. The van der Waals surface area contributed by atoms with Gasteiger partial charge in [0.25, 0.3) is 0 Å². The molecule has 1 unspecified atom stereocenters. The minimum absolute atomic E-state index is 0.00751. The van der Waals surface area contributed by atoms with Crippen molar-refractivity contribution in [2.45, 2.75) is 18.8 Å². The summed E-state index contributed by atoms with van der Waals surface area (Å²) in [5.41, 5.74) is -0.728. The predicted octanol–water partition coefficient (Wildman–Crippen LogP) is 3.03. The van der Waals surface area contributed by atoms with Crippen LogP contribution in [0.4, 0.5) is 13.2 Å². The summed E-state index contributed by atoms with van der Waals surface area (Å²) in [6, 6.07) is 4.40. The normalized spacial score (nSPS) is 13.3. The molecule has 0 saturated carbocycles. The molecule has 0 aliphatic heterocycles. The number of benzene rings is 1. The second-order valence-electron chi connectivity index (χ2n) is 5.11. The van der Waals surface area contributed by atoms with Gasteiger partial charge in [0, 0.05) is 18.1 Å². The zero-order chi connectivity index (χ0) is 16.9. The van der Waals surface area contributed by atoms with Crippen molar-refractivity contribution in [2.24, 2.45) is 0 Å². The molecule has 1 aromatic heterocycles. The number of halogens is 3. The Morgan fingerprint density at radius 1 is 1.30 bits per heavy atom. The third-order valence-corrected chi connectivity index (χ3v) is 3.80. The molecule has 2 aromatic rings. The molecular formula is C15H17F3N2O2S. The van der Waals surface area contributed by atoms with E-state index >= 15 is 0 Å². The predicted molar refractivity (Wildman–Crippen MR) is 81.4 cm³/mol. The number of hydrogen-bond acceptors (Lipinski definition) is 5. The molecule has 0 amide bonds. The van der Waals surface area contributed by atoms with E-state index in [1.165, 1.54) is 23.5 Å². The third kappa shape index (κ3) is 5.81. The van der Waals surface area contributed by atoms with Crippen LogP contribution in [-0.2, 0) is 12.7 Å². The van der Waals surface area contributed by atoms with Crippen LogP contribution in [0.15, 0.2) is 35.8 Å². The van der Waals surface area contributed by atoms with Crippen LogP contribution in [0.25, 0.3) is 0 Å². The van der Waals surface area contributed by atoms with E-state index in [0.29, 0.717) is 18.8 Å². The molecule has 0 aliphatic rings. The van der Waals surface area contributed by atoms with Gasteiger partial charge in [0.05, 0.1) is 12.1 Å². The Bertz CT molecular complexity index is 588. The Balaban J connectivity index is 1.76. The number of thiazole rings is 1. The Kier molecular flexibility index (Phi) is 5.97. The molecule has 0 saturated heterocycles. The molecule has 2 rings (SSSR count). The number of ether oxygens (including phenoxy) is 1. The Morgan fingerprint density at radius 2 is 2.00 bits per heavy atom. The van der Waals surface area contributed by atoms with Crippen molar-refractivity contribution in [3.05, 3.63) is 46.4 Å². The fourth-order valence-electron chi connectivity index (χ4n) is 1.97. The van der Waals surface area contributed by atoms with E-state index in [-0.39, 0.29) is 6.61 Å². The van der Waals surface area contributed by atoms with Crippen LogP contribution in [0.1, 0.15) is 10.6 Å². The molecule has 0 fully saturated rings. The highest BCUT2D eigenvalue weighted by atomic mass is 32.1. The molecule has 1 aromatic carbocycles. The summed E-state index contributed by atoms with van der Waals surface area (Å²) >= 11 is 1.53. The van der Waals surface area contributed by atoms with Crippen molar-refractivity contribution in [3.63, 3.8) is 0 Å². The number of nitrogens with zero attached hydrogens (tertiary/aromatic N) is 2.